The first-order valence-electron chi connectivity index (χ1n) is 10.6. The molecular formula is C26H21N3O4. The highest BCUT2D eigenvalue weighted by molar-refractivity contribution is 6.21. The number of carbonyl (C=O) groups excluding carboxylic acids is 2. The number of hydrogen-bond acceptors (Lipinski definition) is 6. The van der Waals surface area contributed by atoms with Crippen molar-refractivity contribution in [2.45, 2.75) is 26.8 Å². The van der Waals surface area contributed by atoms with Gasteiger partial charge >= 0.3 is 0 Å². The molecule has 3 aromatic carbocycles. The number of phenolic OH excluding ortho intramolecular Hbond substituents is 1. The molecule has 0 bridgehead atoms. The second kappa shape index (κ2) is 8.02. The number of nitrogens with zero attached hydrogens (tertiary/aromatic N) is 3. The fourth-order valence-electron chi connectivity index (χ4n) is 4.09. The van der Waals surface area contributed by atoms with Crippen LogP contribution >= 0.6 is 0 Å². The first-order valence-corrected chi connectivity index (χ1v) is 10.6. The molecule has 33 heavy (non-hydrogen) atoms. The van der Waals surface area contributed by atoms with Crippen molar-refractivity contribution < 1.29 is 19.2 Å². The van der Waals surface area contributed by atoms with Crippen LogP contribution in [-0.4, -0.2) is 32.0 Å². The van der Waals surface area contributed by atoms with Crippen molar-refractivity contribution in [1.29, 1.82) is 0 Å². The van der Waals surface area contributed by atoms with E-state index in [0.717, 1.165) is 11.1 Å². The second-order valence-electron chi connectivity index (χ2n) is 8.17. The number of imide groups is 1. The van der Waals surface area contributed by atoms with Crippen LogP contribution in [0.1, 0.15) is 48.8 Å². The summed E-state index contributed by atoms with van der Waals surface area (Å²) in [5.41, 5.74) is 4.64. The summed E-state index contributed by atoms with van der Waals surface area (Å²) in [6.45, 7) is 3.84. The molecule has 0 saturated carbocycles. The van der Waals surface area contributed by atoms with Gasteiger partial charge in [0.25, 0.3) is 17.7 Å². The van der Waals surface area contributed by atoms with E-state index < -0.39 is 0 Å². The summed E-state index contributed by atoms with van der Waals surface area (Å²) in [6, 6.07) is 18.2. The minimum absolute atomic E-state index is 0.0206. The second-order valence-corrected chi connectivity index (χ2v) is 8.17. The lowest BCUT2D eigenvalue weighted by atomic mass is 10.0. The number of fused-ring (bicyclic) bond motifs is 1. The van der Waals surface area contributed by atoms with Crippen molar-refractivity contribution in [2.75, 3.05) is 0 Å². The quantitative estimate of drug-likeness (QED) is 0.462. The van der Waals surface area contributed by atoms with Gasteiger partial charge in [0.05, 0.1) is 23.2 Å². The zero-order valence-corrected chi connectivity index (χ0v) is 18.2. The Bertz CT molecular complexity index is 1370. The van der Waals surface area contributed by atoms with Crippen LogP contribution in [0, 0.1) is 13.8 Å². The van der Waals surface area contributed by atoms with E-state index in [0.29, 0.717) is 40.1 Å². The van der Waals surface area contributed by atoms with Crippen LogP contribution in [-0.2, 0) is 13.0 Å². The largest absolute Gasteiger partial charge is 0.507 e. The van der Waals surface area contributed by atoms with Crippen LogP contribution in [0.25, 0.3) is 11.5 Å². The molecule has 1 aromatic heterocycles. The number of carbonyl (C=O) groups is 2. The zero-order chi connectivity index (χ0) is 23.1. The van der Waals surface area contributed by atoms with Crippen LogP contribution in [0.5, 0.6) is 5.75 Å². The normalized spacial score (nSPS) is 13.0. The van der Waals surface area contributed by atoms with Gasteiger partial charge in [-0.3, -0.25) is 14.5 Å². The highest BCUT2D eigenvalue weighted by Crippen LogP contribution is 2.34. The van der Waals surface area contributed by atoms with Crippen LogP contribution in [0.4, 0.5) is 0 Å². The van der Waals surface area contributed by atoms with Gasteiger partial charge in [0.1, 0.15) is 5.75 Å². The number of phenols is 1. The van der Waals surface area contributed by atoms with Gasteiger partial charge in [0.2, 0.25) is 0 Å². The lowest BCUT2D eigenvalue weighted by Crippen LogP contribution is -2.29. The summed E-state index contributed by atoms with van der Waals surface area (Å²) in [4.78, 5) is 31.1. The maximum Gasteiger partial charge on any atom is 0.261 e. The van der Waals surface area contributed by atoms with E-state index in [2.05, 4.69) is 10.1 Å². The number of hydrogen-bond donors (Lipinski definition) is 1. The molecule has 7 heteroatoms. The van der Waals surface area contributed by atoms with Gasteiger partial charge < -0.3 is 9.63 Å². The van der Waals surface area contributed by atoms with Gasteiger partial charge in [-0.25, -0.2) is 0 Å². The minimum Gasteiger partial charge on any atom is -0.507 e. The Morgan fingerprint density at radius 3 is 2.24 bits per heavy atom. The molecule has 0 aliphatic carbocycles. The highest BCUT2D eigenvalue weighted by Gasteiger charge is 2.35. The lowest BCUT2D eigenvalue weighted by Gasteiger charge is -2.15. The molecule has 0 fully saturated rings. The molecule has 0 radical (unpaired) electrons. The van der Waals surface area contributed by atoms with Gasteiger partial charge in [-0.1, -0.05) is 47.6 Å². The van der Waals surface area contributed by atoms with Crippen molar-refractivity contribution in [3.63, 3.8) is 0 Å². The van der Waals surface area contributed by atoms with Crippen LogP contribution < -0.4 is 0 Å². The first kappa shape index (κ1) is 20.6. The predicted octanol–water partition coefficient (Wildman–Crippen LogP) is 4.45. The first-order chi connectivity index (χ1) is 15.9. The molecule has 2 amide bonds. The van der Waals surface area contributed by atoms with Crippen molar-refractivity contribution in [3.8, 4) is 17.2 Å². The van der Waals surface area contributed by atoms with Crippen molar-refractivity contribution in [1.82, 2.24) is 15.0 Å². The Labute approximate surface area is 190 Å². The molecule has 1 aliphatic heterocycles. The number of amides is 2. The Morgan fingerprint density at radius 2 is 1.55 bits per heavy atom. The summed E-state index contributed by atoms with van der Waals surface area (Å²) in [7, 11) is 0. The molecule has 0 saturated heterocycles. The fourth-order valence-corrected chi connectivity index (χ4v) is 4.09. The smallest absolute Gasteiger partial charge is 0.261 e. The van der Waals surface area contributed by atoms with E-state index >= 15 is 0 Å². The molecule has 2 heterocycles. The number of rotatable bonds is 5. The van der Waals surface area contributed by atoms with Crippen LogP contribution in [0.3, 0.4) is 0 Å². The highest BCUT2D eigenvalue weighted by atomic mass is 16.5. The molecule has 0 atom stereocenters. The summed E-state index contributed by atoms with van der Waals surface area (Å²) < 4.78 is 5.45. The molecule has 4 aromatic rings. The Balaban J connectivity index is 1.43. The van der Waals surface area contributed by atoms with Gasteiger partial charge in [-0.2, -0.15) is 4.98 Å². The average Bonchev–Trinajstić information content (AvgIpc) is 3.37. The Hall–Kier alpha value is -4.26. The topological polar surface area (TPSA) is 96.5 Å². The van der Waals surface area contributed by atoms with E-state index in [-0.39, 0.29) is 30.0 Å². The van der Waals surface area contributed by atoms with Crippen LogP contribution in [0.2, 0.25) is 0 Å². The third kappa shape index (κ3) is 3.67. The summed E-state index contributed by atoms with van der Waals surface area (Å²) >= 11 is 0. The molecule has 1 aliphatic rings. The zero-order valence-electron chi connectivity index (χ0n) is 18.2. The van der Waals surface area contributed by atoms with Crippen LogP contribution in [0.15, 0.2) is 65.2 Å². The maximum absolute atomic E-state index is 12.7. The molecular weight excluding hydrogens is 418 g/mol. The van der Waals surface area contributed by atoms with E-state index in [1.807, 2.05) is 31.2 Å². The summed E-state index contributed by atoms with van der Waals surface area (Å²) in [5.74, 6) is 0.0417. The molecule has 0 spiro atoms. The standard InChI is InChI=1S/C26H21N3O4/c1-15-7-3-4-8-18(15)13-22-27-24(33-28-22)21-12-17(11-16(2)23(21)30)14-29-25(31)19-9-5-6-10-20(19)26(29)32/h3-12,30H,13-14H2,1-2H3. The van der Waals surface area contributed by atoms with Crippen molar-refractivity contribution in [3.05, 3.63) is 99.9 Å². The predicted molar refractivity (Wildman–Crippen MR) is 121 cm³/mol. The number of aromatic nitrogens is 2. The van der Waals surface area contributed by atoms with E-state index in [1.54, 1.807) is 43.3 Å². The van der Waals surface area contributed by atoms with Crippen molar-refractivity contribution >= 4 is 11.8 Å². The molecule has 0 unspecified atom stereocenters. The molecule has 5 rings (SSSR count). The SMILES string of the molecule is Cc1ccccc1Cc1noc(-c2cc(CN3C(=O)c4ccccc4C3=O)cc(C)c2O)n1. The van der Waals surface area contributed by atoms with E-state index in [9.17, 15) is 14.7 Å². The monoisotopic (exact) mass is 439 g/mol. The molecule has 1 N–H and O–H groups in total. The van der Waals surface area contributed by atoms with Crippen molar-refractivity contribution in [2.24, 2.45) is 0 Å². The van der Waals surface area contributed by atoms with Gasteiger partial charge in [-0.05, 0) is 54.3 Å². The average molecular weight is 439 g/mol. The van der Waals surface area contributed by atoms with E-state index in [4.69, 9.17) is 4.52 Å². The van der Waals surface area contributed by atoms with E-state index in [1.165, 1.54) is 4.90 Å². The third-order valence-electron chi connectivity index (χ3n) is 5.89. The molecule has 7 nitrogen and oxygen atoms in total. The maximum atomic E-state index is 12.7. The number of benzene rings is 3. The Kier molecular flexibility index (Phi) is 5.01. The van der Waals surface area contributed by atoms with Gasteiger partial charge in [-0.15, -0.1) is 0 Å². The van der Waals surface area contributed by atoms with Gasteiger partial charge in [0.15, 0.2) is 5.82 Å². The fraction of sp³-hybridized carbons (Fsp3) is 0.154. The summed E-state index contributed by atoms with van der Waals surface area (Å²) in [5, 5.41) is 14.7. The Morgan fingerprint density at radius 1 is 0.879 bits per heavy atom. The van der Waals surface area contributed by atoms with Gasteiger partial charge in [0, 0.05) is 6.42 Å². The number of aryl methyl sites for hydroxylation is 2. The third-order valence-corrected chi connectivity index (χ3v) is 5.89. The minimum atomic E-state index is -0.332. The number of aromatic hydroxyl groups is 1. The molecule has 164 valence electrons. The lowest BCUT2D eigenvalue weighted by molar-refractivity contribution is 0.0642. The summed E-state index contributed by atoms with van der Waals surface area (Å²) in [6.07, 6.45) is 0.505.